The molecule has 0 fully saturated rings. The molecular weight excluding hydrogens is 356 g/mol. The maximum absolute atomic E-state index is 12.0. The Labute approximate surface area is 144 Å². The first-order valence-electron chi connectivity index (χ1n) is 7.42. The van der Waals surface area contributed by atoms with Gasteiger partial charge in [0.15, 0.2) is 0 Å². The molecule has 0 aliphatic carbocycles. The Morgan fingerprint density at radius 1 is 1.00 bits per heavy atom. The number of hydrogen-bond donors (Lipinski definition) is 2. The Balaban J connectivity index is 1.77. The molecule has 0 saturated heterocycles. The molecule has 0 aliphatic rings. The Hall–Kier alpha value is -2.14. The van der Waals surface area contributed by atoms with Crippen molar-refractivity contribution in [2.24, 2.45) is 0 Å². The van der Waals surface area contributed by atoms with Gasteiger partial charge in [-0.2, -0.15) is 0 Å². The third-order valence-electron chi connectivity index (χ3n) is 3.50. The summed E-state index contributed by atoms with van der Waals surface area (Å²) in [6.45, 7) is 2.55. The number of rotatable bonds is 6. The van der Waals surface area contributed by atoms with E-state index < -0.39 is 0 Å². The second kappa shape index (κ2) is 8.48. The van der Waals surface area contributed by atoms with Gasteiger partial charge in [0.25, 0.3) is 5.91 Å². The lowest BCUT2D eigenvalue weighted by Gasteiger charge is -2.13. The van der Waals surface area contributed by atoms with Gasteiger partial charge in [0.05, 0.1) is 12.1 Å². The number of halogens is 1. The van der Waals surface area contributed by atoms with E-state index in [1.165, 1.54) is 5.56 Å². The fourth-order valence-corrected chi connectivity index (χ4v) is 2.59. The van der Waals surface area contributed by atoms with E-state index in [9.17, 15) is 9.59 Å². The molecule has 0 saturated carbocycles. The molecule has 2 aromatic carbocycles. The number of amides is 2. The van der Waals surface area contributed by atoms with Crippen LogP contribution in [0.3, 0.4) is 0 Å². The van der Waals surface area contributed by atoms with E-state index in [0.29, 0.717) is 16.6 Å². The molecule has 2 aromatic rings. The van der Waals surface area contributed by atoms with Crippen LogP contribution in [0.1, 0.15) is 28.8 Å². The van der Waals surface area contributed by atoms with Crippen LogP contribution in [0.5, 0.6) is 0 Å². The Kier molecular flexibility index (Phi) is 6.35. The highest BCUT2D eigenvalue weighted by atomic mass is 79.9. The standard InChI is InChI=1S/C18H19BrN2O2/c1-13(14-7-3-2-4-8-14)11-20-17(22)12-21-18(23)15-9-5-6-10-16(15)19/h2-10,13H,11-12H2,1H3,(H,20,22)(H,21,23)/t13-/m1/s1. The molecule has 0 heterocycles. The minimum Gasteiger partial charge on any atom is -0.354 e. The van der Waals surface area contributed by atoms with Gasteiger partial charge in [-0.25, -0.2) is 0 Å². The monoisotopic (exact) mass is 374 g/mol. The summed E-state index contributed by atoms with van der Waals surface area (Å²) in [6.07, 6.45) is 0. The summed E-state index contributed by atoms with van der Waals surface area (Å²) in [5, 5.41) is 5.46. The molecule has 2 amide bonds. The van der Waals surface area contributed by atoms with Crippen molar-refractivity contribution >= 4 is 27.7 Å². The summed E-state index contributed by atoms with van der Waals surface area (Å²) in [4.78, 5) is 23.9. The zero-order valence-electron chi connectivity index (χ0n) is 12.9. The molecule has 0 aliphatic heterocycles. The first-order valence-corrected chi connectivity index (χ1v) is 8.21. The average Bonchev–Trinajstić information content (AvgIpc) is 2.58. The van der Waals surface area contributed by atoms with Crippen molar-refractivity contribution < 1.29 is 9.59 Å². The van der Waals surface area contributed by atoms with Gasteiger partial charge >= 0.3 is 0 Å². The normalized spacial score (nSPS) is 11.6. The van der Waals surface area contributed by atoms with Gasteiger partial charge < -0.3 is 10.6 Å². The van der Waals surface area contributed by atoms with Crippen LogP contribution < -0.4 is 10.6 Å². The largest absolute Gasteiger partial charge is 0.354 e. The third-order valence-corrected chi connectivity index (χ3v) is 4.19. The van der Waals surface area contributed by atoms with E-state index in [-0.39, 0.29) is 24.3 Å². The number of nitrogens with one attached hydrogen (secondary N) is 2. The van der Waals surface area contributed by atoms with Crippen LogP contribution in [0.15, 0.2) is 59.1 Å². The molecular formula is C18H19BrN2O2. The molecule has 0 bridgehead atoms. The maximum Gasteiger partial charge on any atom is 0.252 e. The van der Waals surface area contributed by atoms with Gasteiger partial charge in [-0.15, -0.1) is 0 Å². The van der Waals surface area contributed by atoms with Gasteiger partial charge in [0, 0.05) is 11.0 Å². The van der Waals surface area contributed by atoms with Gasteiger partial charge in [0.1, 0.15) is 0 Å². The van der Waals surface area contributed by atoms with E-state index in [1.807, 2.05) is 36.4 Å². The molecule has 2 N–H and O–H groups in total. The van der Waals surface area contributed by atoms with E-state index in [2.05, 4.69) is 33.5 Å². The van der Waals surface area contributed by atoms with Gasteiger partial charge in [-0.1, -0.05) is 49.4 Å². The van der Waals surface area contributed by atoms with Crippen molar-refractivity contribution in [3.63, 3.8) is 0 Å². The Morgan fingerprint density at radius 2 is 1.65 bits per heavy atom. The summed E-state index contributed by atoms with van der Waals surface area (Å²) in [7, 11) is 0. The molecule has 0 radical (unpaired) electrons. The molecule has 23 heavy (non-hydrogen) atoms. The van der Waals surface area contributed by atoms with Gasteiger partial charge in [-0.05, 0) is 39.5 Å². The van der Waals surface area contributed by atoms with E-state index in [1.54, 1.807) is 18.2 Å². The lowest BCUT2D eigenvalue weighted by Crippen LogP contribution is -2.38. The summed E-state index contributed by atoms with van der Waals surface area (Å²) in [5.74, 6) is -0.254. The van der Waals surface area contributed by atoms with E-state index in [4.69, 9.17) is 0 Å². The second-order valence-corrected chi connectivity index (χ2v) is 6.13. The zero-order valence-corrected chi connectivity index (χ0v) is 14.5. The Bertz CT molecular complexity index is 674. The fourth-order valence-electron chi connectivity index (χ4n) is 2.13. The first-order chi connectivity index (χ1) is 11.1. The quantitative estimate of drug-likeness (QED) is 0.815. The lowest BCUT2D eigenvalue weighted by atomic mass is 10.0. The second-order valence-electron chi connectivity index (χ2n) is 5.28. The summed E-state index contributed by atoms with van der Waals surface area (Å²) in [6, 6.07) is 17.1. The van der Waals surface area contributed by atoms with Crippen LogP contribution >= 0.6 is 15.9 Å². The smallest absolute Gasteiger partial charge is 0.252 e. The Morgan fingerprint density at radius 3 is 2.35 bits per heavy atom. The molecule has 120 valence electrons. The van der Waals surface area contributed by atoms with Crippen molar-refractivity contribution in [2.45, 2.75) is 12.8 Å². The molecule has 5 heteroatoms. The van der Waals surface area contributed by atoms with Crippen LogP contribution in [0.4, 0.5) is 0 Å². The highest BCUT2D eigenvalue weighted by Gasteiger charge is 2.11. The molecule has 0 spiro atoms. The molecule has 0 unspecified atom stereocenters. The SMILES string of the molecule is C[C@H](CNC(=O)CNC(=O)c1ccccc1Br)c1ccccc1. The van der Waals surface area contributed by atoms with Crippen LogP contribution in [0.2, 0.25) is 0 Å². The fraction of sp³-hybridized carbons (Fsp3) is 0.222. The lowest BCUT2D eigenvalue weighted by molar-refractivity contribution is -0.120. The molecule has 1 atom stereocenters. The van der Waals surface area contributed by atoms with Crippen LogP contribution in [-0.4, -0.2) is 24.9 Å². The average molecular weight is 375 g/mol. The summed E-state index contributed by atoms with van der Waals surface area (Å²) < 4.78 is 0.704. The number of hydrogen-bond acceptors (Lipinski definition) is 2. The topological polar surface area (TPSA) is 58.2 Å². The van der Waals surface area contributed by atoms with Crippen LogP contribution in [0.25, 0.3) is 0 Å². The minimum absolute atomic E-state index is 0.0400. The number of carbonyl (C=O) groups is 2. The molecule has 0 aromatic heterocycles. The van der Waals surface area contributed by atoms with Crippen molar-refractivity contribution in [1.29, 1.82) is 0 Å². The summed E-state index contributed by atoms with van der Waals surface area (Å²) >= 11 is 3.32. The van der Waals surface area contributed by atoms with Crippen LogP contribution in [-0.2, 0) is 4.79 Å². The highest BCUT2D eigenvalue weighted by molar-refractivity contribution is 9.10. The van der Waals surface area contributed by atoms with E-state index in [0.717, 1.165) is 0 Å². The first kappa shape index (κ1) is 17.2. The van der Waals surface area contributed by atoms with Gasteiger partial charge in [0.2, 0.25) is 5.91 Å². The highest BCUT2D eigenvalue weighted by Crippen LogP contribution is 2.15. The van der Waals surface area contributed by atoms with E-state index >= 15 is 0 Å². The molecule has 4 nitrogen and oxygen atoms in total. The van der Waals surface area contributed by atoms with Crippen molar-refractivity contribution in [3.05, 3.63) is 70.2 Å². The van der Waals surface area contributed by atoms with Crippen molar-refractivity contribution in [2.75, 3.05) is 13.1 Å². The predicted octanol–water partition coefficient (Wildman–Crippen LogP) is 3.10. The summed E-state index contributed by atoms with van der Waals surface area (Å²) in [5.41, 5.74) is 1.68. The molecule has 2 rings (SSSR count). The van der Waals surface area contributed by atoms with Crippen LogP contribution in [0, 0.1) is 0 Å². The van der Waals surface area contributed by atoms with Crippen molar-refractivity contribution in [1.82, 2.24) is 10.6 Å². The minimum atomic E-state index is -0.274. The maximum atomic E-state index is 12.0. The zero-order chi connectivity index (χ0) is 16.7. The third kappa shape index (κ3) is 5.21. The van der Waals surface area contributed by atoms with Crippen molar-refractivity contribution in [3.8, 4) is 0 Å². The number of benzene rings is 2. The predicted molar refractivity (Wildman–Crippen MR) is 94.3 cm³/mol. The number of carbonyl (C=O) groups excluding carboxylic acids is 2. The van der Waals surface area contributed by atoms with Gasteiger partial charge in [-0.3, -0.25) is 9.59 Å².